The molecule has 23 heavy (non-hydrogen) atoms. The molecule has 5 heteroatoms. The van der Waals surface area contributed by atoms with Gasteiger partial charge in [-0.3, -0.25) is 0 Å². The number of amides is 2. The molecule has 5 nitrogen and oxygen atoms in total. The maximum absolute atomic E-state index is 12.4. The standard InChI is InChI=1S/C18H24N4O/c23-18(20-11-14-21-13-10-19-15-21)22-12-4-7-17(22)9-8-16-5-2-1-3-6-16/h1-3,5-6,10,13,15,17H,4,7-9,11-12,14H2,(H,20,23). The molecule has 3 rings (SSSR count). The fraction of sp³-hybridized carbons (Fsp3) is 0.444. The average Bonchev–Trinajstić information content (AvgIpc) is 3.25. The summed E-state index contributed by atoms with van der Waals surface area (Å²) in [6.45, 7) is 2.27. The number of aromatic nitrogens is 2. The minimum Gasteiger partial charge on any atom is -0.336 e. The van der Waals surface area contributed by atoms with Gasteiger partial charge in [-0.2, -0.15) is 0 Å². The summed E-state index contributed by atoms with van der Waals surface area (Å²) < 4.78 is 1.97. The zero-order chi connectivity index (χ0) is 15.9. The van der Waals surface area contributed by atoms with E-state index in [1.807, 2.05) is 21.7 Å². The van der Waals surface area contributed by atoms with Crippen LogP contribution in [-0.4, -0.2) is 39.6 Å². The highest BCUT2D eigenvalue weighted by Crippen LogP contribution is 2.21. The summed E-state index contributed by atoms with van der Waals surface area (Å²) in [7, 11) is 0. The lowest BCUT2D eigenvalue weighted by Gasteiger charge is -2.25. The van der Waals surface area contributed by atoms with Gasteiger partial charge in [-0.25, -0.2) is 9.78 Å². The highest BCUT2D eigenvalue weighted by Gasteiger charge is 2.27. The third-order valence-corrected chi connectivity index (χ3v) is 4.45. The van der Waals surface area contributed by atoms with Gasteiger partial charge in [0.25, 0.3) is 0 Å². The number of aryl methyl sites for hydroxylation is 1. The van der Waals surface area contributed by atoms with Gasteiger partial charge in [-0.1, -0.05) is 30.3 Å². The lowest BCUT2D eigenvalue weighted by molar-refractivity contribution is 0.190. The molecule has 0 saturated carbocycles. The molecule has 122 valence electrons. The van der Waals surface area contributed by atoms with Crippen LogP contribution in [0.2, 0.25) is 0 Å². The molecule has 0 spiro atoms. The van der Waals surface area contributed by atoms with Gasteiger partial charge < -0.3 is 14.8 Å². The molecule has 1 fully saturated rings. The molecule has 2 aromatic rings. The van der Waals surface area contributed by atoms with Crippen LogP contribution in [0.25, 0.3) is 0 Å². The predicted octanol–water partition coefficient (Wildman–Crippen LogP) is 2.69. The molecular weight excluding hydrogens is 288 g/mol. The Morgan fingerprint density at radius 2 is 2.17 bits per heavy atom. The van der Waals surface area contributed by atoms with E-state index in [2.05, 4.69) is 34.6 Å². The van der Waals surface area contributed by atoms with Gasteiger partial charge in [-0.05, 0) is 31.2 Å². The van der Waals surface area contributed by atoms with E-state index in [0.29, 0.717) is 12.6 Å². The van der Waals surface area contributed by atoms with Crippen LogP contribution in [0, 0.1) is 0 Å². The number of hydrogen-bond donors (Lipinski definition) is 1. The third kappa shape index (κ3) is 4.34. The van der Waals surface area contributed by atoms with Crippen LogP contribution in [-0.2, 0) is 13.0 Å². The maximum Gasteiger partial charge on any atom is 0.317 e. The molecular formula is C18H24N4O. The number of imidazole rings is 1. The van der Waals surface area contributed by atoms with Crippen molar-refractivity contribution in [2.75, 3.05) is 13.1 Å². The predicted molar refractivity (Wildman–Crippen MR) is 90.1 cm³/mol. The minimum absolute atomic E-state index is 0.0701. The molecule has 1 aliphatic rings. The quantitative estimate of drug-likeness (QED) is 0.891. The Balaban J connectivity index is 1.44. The number of carbonyl (C=O) groups is 1. The van der Waals surface area contributed by atoms with Crippen LogP contribution in [0.4, 0.5) is 4.79 Å². The second-order valence-corrected chi connectivity index (χ2v) is 6.05. The van der Waals surface area contributed by atoms with Gasteiger partial charge in [0, 0.05) is 38.1 Å². The van der Waals surface area contributed by atoms with Gasteiger partial charge in [0.05, 0.1) is 6.33 Å². The highest BCUT2D eigenvalue weighted by atomic mass is 16.2. The fourth-order valence-electron chi connectivity index (χ4n) is 3.19. The first-order chi connectivity index (χ1) is 11.3. The van der Waals surface area contributed by atoms with Crippen molar-refractivity contribution >= 4 is 6.03 Å². The molecule has 0 aliphatic carbocycles. The monoisotopic (exact) mass is 312 g/mol. The van der Waals surface area contributed by atoms with Crippen molar-refractivity contribution in [3.63, 3.8) is 0 Å². The number of urea groups is 1. The van der Waals surface area contributed by atoms with Crippen LogP contribution in [0.3, 0.4) is 0 Å². The Kier molecular flexibility index (Phi) is 5.29. The van der Waals surface area contributed by atoms with E-state index in [-0.39, 0.29) is 6.03 Å². The number of nitrogens with one attached hydrogen (secondary N) is 1. The Labute approximate surface area is 137 Å². The normalized spacial score (nSPS) is 17.4. The smallest absolute Gasteiger partial charge is 0.317 e. The number of rotatable bonds is 6. The lowest BCUT2D eigenvalue weighted by Crippen LogP contribution is -2.43. The van der Waals surface area contributed by atoms with E-state index in [1.165, 1.54) is 5.56 Å². The first-order valence-corrected chi connectivity index (χ1v) is 8.37. The fourth-order valence-corrected chi connectivity index (χ4v) is 3.19. The zero-order valence-corrected chi connectivity index (χ0v) is 13.4. The van der Waals surface area contributed by atoms with Crippen molar-refractivity contribution in [3.05, 3.63) is 54.6 Å². The van der Waals surface area contributed by atoms with E-state index in [9.17, 15) is 4.79 Å². The first-order valence-electron chi connectivity index (χ1n) is 8.37. The van der Waals surface area contributed by atoms with E-state index in [0.717, 1.165) is 38.8 Å². The molecule has 1 unspecified atom stereocenters. The van der Waals surface area contributed by atoms with Crippen LogP contribution in [0.1, 0.15) is 24.8 Å². The summed E-state index contributed by atoms with van der Waals surface area (Å²) in [6, 6.07) is 10.9. The first kappa shape index (κ1) is 15.6. The molecule has 1 saturated heterocycles. The van der Waals surface area contributed by atoms with Crippen LogP contribution >= 0.6 is 0 Å². The topological polar surface area (TPSA) is 50.2 Å². The van der Waals surface area contributed by atoms with Crippen molar-refractivity contribution in [1.29, 1.82) is 0 Å². The van der Waals surface area contributed by atoms with Crippen molar-refractivity contribution in [3.8, 4) is 0 Å². The molecule has 1 atom stereocenters. The van der Waals surface area contributed by atoms with Crippen molar-refractivity contribution in [2.45, 2.75) is 38.3 Å². The summed E-state index contributed by atoms with van der Waals surface area (Å²) in [5.41, 5.74) is 1.35. The van der Waals surface area contributed by atoms with Gasteiger partial charge in [0.2, 0.25) is 0 Å². The second-order valence-electron chi connectivity index (χ2n) is 6.05. The Bertz CT molecular complexity index is 597. The third-order valence-electron chi connectivity index (χ3n) is 4.45. The maximum atomic E-state index is 12.4. The molecule has 1 N–H and O–H groups in total. The number of likely N-dealkylation sites (tertiary alicyclic amines) is 1. The van der Waals surface area contributed by atoms with Gasteiger partial charge >= 0.3 is 6.03 Å². The van der Waals surface area contributed by atoms with Crippen molar-refractivity contribution < 1.29 is 4.79 Å². The summed E-state index contributed by atoms with van der Waals surface area (Å²) in [4.78, 5) is 18.4. The molecule has 0 radical (unpaired) electrons. The van der Waals surface area contributed by atoms with Crippen LogP contribution in [0.15, 0.2) is 49.1 Å². The Morgan fingerprint density at radius 3 is 2.96 bits per heavy atom. The van der Waals surface area contributed by atoms with Crippen LogP contribution < -0.4 is 5.32 Å². The average molecular weight is 312 g/mol. The minimum atomic E-state index is 0.0701. The summed E-state index contributed by atoms with van der Waals surface area (Å²) in [6.07, 6.45) is 9.72. The van der Waals surface area contributed by atoms with E-state index in [4.69, 9.17) is 0 Å². The number of hydrogen-bond acceptors (Lipinski definition) is 2. The molecule has 0 bridgehead atoms. The summed E-state index contributed by atoms with van der Waals surface area (Å²) >= 11 is 0. The zero-order valence-electron chi connectivity index (χ0n) is 13.4. The molecule has 2 heterocycles. The Hall–Kier alpha value is -2.30. The second kappa shape index (κ2) is 7.81. The SMILES string of the molecule is O=C(NCCn1ccnc1)N1CCCC1CCc1ccccc1. The van der Waals surface area contributed by atoms with Gasteiger partial charge in [0.15, 0.2) is 0 Å². The molecule has 1 aromatic heterocycles. The number of nitrogens with zero attached hydrogens (tertiary/aromatic N) is 3. The summed E-state index contributed by atoms with van der Waals surface area (Å²) in [5.74, 6) is 0. The highest BCUT2D eigenvalue weighted by molar-refractivity contribution is 5.74. The van der Waals surface area contributed by atoms with E-state index < -0.39 is 0 Å². The number of carbonyl (C=O) groups excluding carboxylic acids is 1. The van der Waals surface area contributed by atoms with Gasteiger partial charge in [0.1, 0.15) is 0 Å². The molecule has 2 amide bonds. The largest absolute Gasteiger partial charge is 0.336 e. The van der Waals surface area contributed by atoms with Crippen molar-refractivity contribution in [1.82, 2.24) is 19.8 Å². The summed E-state index contributed by atoms with van der Waals surface area (Å²) in [5, 5.41) is 3.03. The Morgan fingerprint density at radius 1 is 1.30 bits per heavy atom. The van der Waals surface area contributed by atoms with E-state index >= 15 is 0 Å². The van der Waals surface area contributed by atoms with E-state index in [1.54, 1.807) is 12.5 Å². The molecule has 1 aliphatic heterocycles. The van der Waals surface area contributed by atoms with Crippen molar-refractivity contribution in [2.24, 2.45) is 0 Å². The van der Waals surface area contributed by atoms with Gasteiger partial charge in [-0.15, -0.1) is 0 Å². The number of benzene rings is 1. The lowest BCUT2D eigenvalue weighted by atomic mass is 10.0. The van der Waals surface area contributed by atoms with Crippen LogP contribution in [0.5, 0.6) is 0 Å². The molecule has 1 aromatic carbocycles.